The van der Waals surface area contributed by atoms with Crippen LogP contribution in [-0.2, 0) is 4.74 Å². The average Bonchev–Trinajstić information content (AvgIpc) is 2.46. The highest BCUT2D eigenvalue weighted by Gasteiger charge is 2.43. The first-order valence-corrected chi connectivity index (χ1v) is 8.82. The van der Waals surface area contributed by atoms with Crippen molar-refractivity contribution in [3.8, 4) is 0 Å². The maximum absolute atomic E-state index is 5.67. The van der Waals surface area contributed by atoms with Crippen molar-refractivity contribution in [2.24, 2.45) is 5.41 Å². The topological polar surface area (TPSA) is 24.5 Å². The van der Waals surface area contributed by atoms with Gasteiger partial charge in [-0.15, -0.1) is 0 Å². The standard InChI is InChI=1S/C18H36N2O/c1-7-18(5)13-20(16(12-19-18)17(2,3)4)14-9-8-10-15(11-14)21-6/h14-16,19H,7-13H2,1-6H3. The van der Waals surface area contributed by atoms with Crippen LogP contribution in [0.15, 0.2) is 0 Å². The van der Waals surface area contributed by atoms with E-state index in [1.165, 1.54) is 38.6 Å². The molecule has 3 nitrogen and oxygen atoms in total. The Bertz CT molecular complexity index is 339. The van der Waals surface area contributed by atoms with Crippen LogP contribution in [0.4, 0.5) is 0 Å². The molecule has 2 rings (SSSR count). The summed E-state index contributed by atoms with van der Waals surface area (Å²) in [5, 5.41) is 3.82. The van der Waals surface area contributed by atoms with Crippen LogP contribution in [0.5, 0.6) is 0 Å². The number of piperazine rings is 1. The molecule has 0 radical (unpaired) electrons. The van der Waals surface area contributed by atoms with Gasteiger partial charge in [-0.05, 0) is 44.4 Å². The fourth-order valence-electron chi connectivity index (χ4n) is 4.09. The molecule has 1 saturated heterocycles. The van der Waals surface area contributed by atoms with Crippen LogP contribution in [0.1, 0.15) is 66.7 Å². The highest BCUT2D eigenvalue weighted by molar-refractivity contribution is 5.01. The predicted molar refractivity (Wildman–Crippen MR) is 89.7 cm³/mol. The number of rotatable bonds is 3. The van der Waals surface area contributed by atoms with Gasteiger partial charge in [0.1, 0.15) is 0 Å². The molecule has 0 aromatic carbocycles. The molecule has 2 fully saturated rings. The lowest BCUT2D eigenvalue weighted by atomic mass is 9.78. The van der Waals surface area contributed by atoms with Gasteiger partial charge in [0.2, 0.25) is 0 Å². The van der Waals surface area contributed by atoms with Gasteiger partial charge in [-0.2, -0.15) is 0 Å². The molecule has 2 aliphatic rings. The third kappa shape index (κ3) is 4.00. The van der Waals surface area contributed by atoms with Gasteiger partial charge >= 0.3 is 0 Å². The largest absolute Gasteiger partial charge is 0.381 e. The molecule has 1 aliphatic heterocycles. The van der Waals surface area contributed by atoms with Crippen LogP contribution >= 0.6 is 0 Å². The lowest BCUT2D eigenvalue weighted by Crippen LogP contribution is -2.68. The maximum Gasteiger partial charge on any atom is 0.0586 e. The number of nitrogens with one attached hydrogen (secondary N) is 1. The van der Waals surface area contributed by atoms with Gasteiger partial charge in [-0.1, -0.05) is 27.7 Å². The molecule has 3 heteroatoms. The molecular formula is C18H36N2O. The molecule has 1 N–H and O–H groups in total. The van der Waals surface area contributed by atoms with Gasteiger partial charge in [0, 0.05) is 37.8 Å². The zero-order valence-corrected chi connectivity index (χ0v) is 15.0. The minimum Gasteiger partial charge on any atom is -0.381 e. The Balaban J connectivity index is 2.16. The van der Waals surface area contributed by atoms with Gasteiger partial charge in [-0.25, -0.2) is 0 Å². The van der Waals surface area contributed by atoms with E-state index in [9.17, 15) is 0 Å². The Morgan fingerprint density at radius 1 is 1.29 bits per heavy atom. The van der Waals surface area contributed by atoms with E-state index in [2.05, 4.69) is 44.8 Å². The fraction of sp³-hybridized carbons (Fsp3) is 1.00. The van der Waals surface area contributed by atoms with Crippen molar-refractivity contribution in [2.75, 3.05) is 20.2 Å². The van der Waals surface area contributed by atoms with Gasteiger partial charge in [0.15, 0.2) is 0 Å². The Morgan fingerprint density at radius 3 is 2.57 bits per heavy atom. The van der Waals surface area contributed by atoms with Crippen molar-refractivity contribution >= 4 is 0 Å². The van der Waals surface area contributed by atoms with Gasteiger partial charge in [0.25, 0.3) is 0 Å². The Hall–Kier alpha value is -0.120. The van der Waals surface area contributed by atoms with Crippen LogP contribution in [-0.4, -0.2) is 48.8 Å². The van der Waals surface area contributed by atoms with E-state index in [-0.39, 0.29) is 5.54 Å². The minimum absolute atomic E-state index is 0.266. The average molecular weight is 296 g/mol. The van der Waals surface area contributed by atoms with E-state index in [0.29, 0.717) is 23.6 Å². The molecule has 0 aromatic heterocycles. The monoisotopic (exact) mass is 296 g/mol. The van der Waals surface area contributed by atoms with Gasteiger partial charge < -0.3 is 10.1 Å². The smallest absolute Gasteiger partial charge is 0.0586 e. The summed E-state index contributed by atoms with van der Waals surface area (Å²) in [5.41, 5.74) is 0.587. The zero-order chi connectivity index (χ0) is 15.7. The minimum atomic E-state index is 0.266. The molecule has 1 saturated carbocycles. The van der Waals surface area contributed by atoms with Crippen molar-refractivity contribution in [2.45, 2.75) is 90.4 Å². The molecule has 0 bridgehead atoms. The zero-order valence-electron chi connectivity index (χ0n) is 15.0. The van der Waals surface area contributed by atoms with Crippen molar-refractivity contribution in [3.63, 3.8) is 0 Å². The second-order valence-corrected chi connectivity index (χ2v) is 8.53. The molecule has 4 unspecified atom stereocenters. The summed E-state index contributed by atoms with van der Waals surface area (Å²) < 4.78 is 5.67. The van der Waals surface area contributed by atoms with Gasteiger partial charge in [0.05, 0.1) is 6.10 Å². The summed E-state index contributed by atoms with van der Waals surface area (Å²) in [6.07, 6.45) is 6.76. The van der Waals surface area contributed by atoms with E-state index in [4.69, 9.17) is 4.74 Å². The maximum atomic E-state index is 5.67. The lowest BCUT2D eigenvalue weighted by Gasteiger charge is -2.54. The summed E-state index contributed by atoms with van der Waals surface area (Å²) in [6, 6.07) is 1.32. The number of hydrogen-bond acceptors (Lipinski definition) is 3. The quantitative estimate of drug-likeness (QED) is 0.863. The third-order valence-electron chi connectivity index (χ3n) is 5.83. The molecule has 1 heterocycles. The fourth-order valence-corrected chi connectivity index (χ4v) is 4.09. The first kappa shape index (κ1) is 17.2. The van der Waals surface area contributed by atoms with Crippen molar-refractivity contribution < 1.29 is 4.74 Å². The molecule has 1 aliphatic carbocycles. The Morgan fingerprint density at radius 2 is 2.00 bits per heavy atom. The number of nitrogens with zero attached hydrogens (tertiary/aromatic N) is 1. The van der Waals surface area contributed by atoms with Crippen molar-refractivity contribution in [1.82, 2.24) is 10.2 Å². The third-order valence-corrected chi connectivity index (χ3v) is 5.83. The highest BCUT2D eigenvalue weighted by Crippen LogP contribution is 2.35. The van der Waals surface area contributed by atoms with Gasteiger partial charge in [-0.3, -0.25) is 4.90 Å². The SMILES string of the molecule is CCC1(C)CN(C2CCCC(OC)C2)C(C(C)(C)C)CN1. The van der Waals surface area contributed by atoms with Crippen LogP contribution < -0.4 is 5.32 Å². The summed E-state index contributed by atoms with van der Waals surface area (Å²) >= 11 is 0. The Kier molecular flexibility index (Phi) is 5.38. The predicted octanol–water partition coefficient (Wildman–Crippen LogP) is 3.43. The molecule has 4 atom stereocenters. The van der Waals surface area contributed by atoms with E-state index in [0.717, 1.165) is 6.54 Å². The first-order chi connectivity index (χ1) is 9.79. The molecule has 124 valence electrons. The summed E-state index contributed by atoms with van der Waals surface area (Å²) in [4.78, 5) is 2.82. The van der Waals surface area contributed by atoms with E-state index < -0.39 is 0 Å². The summed E-state index contributed by atoms with van der Waals surface area (Å²) in [7, 11) is 1.88. The molecule has 0 amide bonds. The van der Waals surface area contributed by atoms with Crippen molar-refractivity contribution in [1.29, 1.82) is 0 Å². The molecule has 0 aromatic rings. The van der Waals surface area contributed by atoms with Crippen LogP contribution in [0.2, 0.25) is 0 Å². The lowest BCUT2D eigenvalue weighted by molar-refractivity contribution is -0.0415. The normalized spacial score (nSPS) is 39.4. The van der Waals surface area contributed by atoms with E-state index in [1.807, 2.05) is 7.11 Å². The van der Waals surface area contributed by atoms with Crippen molar-refractivity contribution in [3.05, 3.63) is 0 Å². The first-order valence-electron chi connectivity index (χ1n) is 8.82. The number of ether oxygens (including phenoxy) is 1. The van der Waals surface area contributed by atoms with Crippen LogP contribution in [0.25, 0.3) is 0 Å². The van der Waals surface area contributed by atoms with Crippen LogP contribution in [0.3, 0.4) is 0 Å². The highest BCUT2D eigenvalue weighted by atomic mass is 16.5. The molecule has 0 spiro atoms. The van der Waals surface area contributed by atoms with E-state index in [1.54, 1.807) is 0 Å². The second kappa shape index (κ2) is 6.55. The molecular weight excluding hydrogens is 260 g/mol. The van der Waals surface area contributed by atoms with E-state index >= 15 is 0 Å². The summed E-state index contributed by atoms with van der Waals surface area (Å²) in [5.74, 6) is 0. The number of methoxy groups -OCH3 is 1. The Labute approximate surface area is 131 Å². The number of hydrogen-bond donors (Lipinski definition) is 1. The van der Waals surface area contributed by atoms with Crippen LogP contribution in [0, 0.1) is 5.41 Å². The second-order valence-electron chi connectivity index (χ2n) is 8.53. The molecule has 21 heavy (non-hydrogen) atoms. The summed E-state index contributed by atoms with van der Waals surface area (Å²) in [6.45, 7) is 14.1.